The second-order valence-electron chi connectivity index (χ2n) is 4.88. The molecule has 0 saturated heterocycles. The Balaban J connectivity index is 2.84. The minimum atomic E-state index is -1.39. The fourth-order valence-corrected chi connectivity index (χ4v) is 1.67. The van der Waals surface area contributed by atoms with Gasteiger partial charge in [0.1, 0.15) is 8.07 Å². The van der Waals surface area contributed by atoms with E-state index in [1.54, 1.807) is 19.1 Å². The summed E-state index contributed by atoms with van der Waals surface area (Å²) >= 11 is 0. The molecule has 0 amide bonds. The molecule has 0 aliphatic heterocycles. The van der Waals surface area contributed by atoms with Crippen LogP contribution in [0.1, 0.15) is 5.56 Å². The van der Waals surface area contributed by atoms with E-state index in [1.807, 2.05) is 0 Å². The summed E-state index contributed by atoms with van der Waals surface area (Å²) in [5.41, 5.74) is 4.73. The molecule has 0 aliphatic rings. The molecule has 1 N–H and O–H groups in total. The third-order valence-corrected chi connectivity index (χ3v) is 2.91. The maximum Gasteiger partial charge on any atom is 0.272 e. The highest BCUT2D eigenvalue weighted by molar-refractivity contribution is 6.83. The first-order valence-corrected chi connectivity index (χ1v) is 8.83. The van der Waals surface area contributed by atoms with Crippen LogP contribution in [0.4, 0.5) is 11.4 Å². The van der Waals surface area contributed by atoms with Crippen molar-refractivity contribution in [2.75, 3.05) is 5.32 Å². The van der Waals surface area contributed by atoms with Crippen LogP contribution >= 0.6 is 0 Å². The number of hydrogen-bond donors (Lipinski definition) is 1. The lowest BCUT2D eigenvalue weighted by Crippen LogP contribution is -2.16. The largest absolute Gasteiger partial charge is 0.315 e. The van der Waals surface area contributed by atoms with Crippen molar-refractivity contribution in [1.29, 1.82) is 0 Å². The van der Waals surface area contributed by atoms with E-state index < -0.39 is 8.07 Å². The van der Waals surface area contributed by atoms with Gasteiger partial charge < -0.3 is 5.32 Å². The highest BCUT2D eigenvalue weighted by Crippen LogP contribution is 2.21. The second-order valence-corrected chi connectivity index (χ2v) is 9.63. The first-order chi connectivity index (χ1) is 7.79. The zero-order valence-electron chi connectivity index (χ0n) is 10.5. The average molecular weight is 248 g/mol. The van der Waals surface area contributed by atoms with Crippen LogP contribution in [-0.4, -0.2) is 13.0 Å². The monoisotopic (exact) mass is 248 g/mol. The van der Waals surface area contributed by atoms with Gasteiger partial charge in [-0.1, -0.05) is 19.6 Å². The molecule has 0 fully saturated rings. The molecule has 0 aliphatic carbocycles. The van der Waals surface area contributed by atoms with Crippen LogP contribution in [-0.2, 0) is 0 Å². The minimum absolute atomic E-state index is 0.133. The number of aryl methyl sites for hydroxylation is 1. The van der Waals surface area contributed by atoms with E-state index in [1.165, 1.54) is 6.07 Å². The molecule has 0 bridgehead atoms. The summed E-state index contributed by atoms with van der Waals surface area (Å²) in [4.78, 5) is 10.3. The number of rotatable bonds is 2. The van der Waals surface area contributed by atoms with Gasteiger partial charge in [0.2, 0.25) is 0 Å². The van der Waals surface area contributed by atoms with Gasteiger partial charge in [-0.05, 0) is 19.1 Å². The summed E-state index contributed by atoms with van der Waals surface area (Å²) in [5, 5.41) is 13.6. The van der Waals surface area contributed by atoms with E-state index in [0.29, 0.717) is 5.56 Å². The zero-order chi connectivity index (χ0) is 13.1. The van der Waals surface area contributed by atoms with Crippen LogP contribution in [0.15, 0.2) is 18.2 Å². The Morgan fingerprint density at radius 1 is 1.35 bits per heavy atom. The smallest absolute Gasteiger partial charge is 0.272 e. The summed E-state index contributed by atoms with van der Waals surface area (Å²) in [7, 11) is -1.39. The molecule has 90 valence electrons. The van der Waals surface area contributed by atoms with Gasteiger partial charge in [-0.15, -0.1) is 5.54 Å². The van der Waals surface area contributed by atoms with Crippen molar-refractivity contribution in [2.45, 2.75) is 26.6 Å². The molecule has 1 aromatic carbocycles. The number of benzene rings is 1. The molecule has 1 aromatic rings. The molecule has 0 radical (unpaired) electrons. The number of hydrogen-bond acceptors (Lipinski definition) is 3. The fraction of sp³-hybridized carbons (Fsp3) is 0.333. The highest BCUT2D eigenvalue weighted by atomic mass is 28.3. The van der Waals surface area contributed by atoms with Crippen LogP contribution in [0, 0.1) is 28.6 Å². The van der Waals surface area contributed by atoms with Crippen LogP contribution in [0.2, 0.25) is 19.6 Å². The van der Waals surface area contributed by atoms with Gasteiger partial charge in [0, 0.05) is 23.4 Å². The summed E-state index contributed by atoms with van der Waals surface area (Å²) in [6, 6.07) is 7.81. The molecular weight excluding hydrogens is 232 g/mol. The van der Waals surface area contributed by atoms with Gasteiger partial charge in [0.05, 0.1) is 4.92 Å². The number of anilines is 1. The van der Waals surface area contributed by atoms with Crippen LogP contribution in [0.5, 0.6) is 0 Å². The Labute approximate surface area is 102 Å². The van der Waals surface area contributed by atoms with E-state index >= 15 is 0 Å². The van der Waals surface area contributed by atoms with Crippen molar-refractivity contribution in [2.24, 2.45) is 0 Å². The summed E-state index contributed by atoms with van der Waals surface area (Å²) in [6.45, 7) is 8.18. The lowest BCUT2D eigenvalue weighted by molar-refractivity contribution is -0.385. The third-order valence-electron chi connectivity index (χ3n) is 2.04. The van der Waals surface area contributed by atoms with Crippen molar-refractivity contribution in [3.05, 3.63) is 33.9 Å². The summed E-state index contributed by atoms with van der Waals surface area (Å²) in [5.74, 6) is 0. The lowest BCUT2D eigenvalue weighted by atomic mass is 10.2. The third kappa shape index (κ3) is 4.29. The Bertz CT molecular complexity index is 495. The van der Waals surface area contributed by atoms with Gasteiger partial charge >= 0.3 is 0 Å². The average Bonchev–Trinajstić information content (AvgIpc) is 2.15. The molecule has 0 unspecified atom stereocenters. The number of nitrogens with one attached hydrogen (secondary N) is 1. The van der Waals surface area contributed by atoms with Crippen molar-refractivity contribution >= 4 is 19.4 Å². The first kappa shape index (κ1) is 13.3. The van der Waals surface area contributed by atoms with Gasteiger partial charge in [-0.3, -0.25) is 10.1 Å². The quantitative estimate of drug-likeness (QED) is 0.287. The van der Waals surface area contributed by atoms with Crippen LogP contribution in [0.25, 0.3) is 0 Å². The second kappa shape index (κ2) is 5.02. The van der Waals surface area contributed by atoms with E-state index in [9.17, 15) is 10.1 Å². The normalized spacial score (nSPS) is 10.4. The SMILES string of the molecule is Cc1cc(NC#C[Si](C)(C)C)ccc1[N+](=O)[O-]. The zero-order valence-corrected chi connectivity index (χ0v) is 11.5. The molecule has 0 spiro atoms. The number of nitro benzene ring substituents is 1. The highest BCUT2D eigenvalue weighted by Gasteiger charge is 2.10. The van der Waals surface area contributed by atoms with Crippen LogP contribution in [0.3, 0.4) is 0 Å². The molecule has 17 heavy (non-hydrogen) atoms. The molecule has 0 saturated carbocycles. The van der Waals surface area contributed by atoms with Gasteiger partial charge in [-0.2, -0.15) is 0 Å². The Morgan fingerprint density at radius 2 is 2.00 bits per heavy atom. The molecular formula is C12H16N2O2Si. The molecule has 0 atom stereocenters. The van der Waals surface area contributed by atoms with Crippen molar-refractivity contribution in [1.82, 2.24) is 0 Å². The van der Waals surface area contributed by atoms with E-state index in [2.05, 4.69) is 36.5 Å². The Morgan fingerprint density at radius 3 is 2.47 bits per heavy atom. The van der Waals surface area contributed by atoms with Crippen molar-refractivity contribution in [3.8, 4) is 11.6 Å². The minimum Gasteiger partial charge on any atom is -0.315 e. The predicted octanol–water partition coefficient (Wildman–Crippen LogP) is 3.15. The van der Waals surface area contributed by atoms with Gasteiger partial charge in [0.15, 0.2) is 0 Å². The van der Waals surface area contributed by atoms with E-state index in [4.69, 9.17) is 0 Å². The molecule has 1 rings (SSSR count). The fourth-order valence-electron chi connectivity index (χ4n) is 1.23. The van der Waals surface area contributed by atoms with Gasteiger partial charge in [0.25, 0.3) is 5.69 Å². The van der Waals surface area contributed by atoms with E-state index in [-0.39, 0.29) is 10.6 Å². The van der Waals surface area contributed by atoms with Crippen LogP contribution < -0.4 is 5.32 Å². The molecule has 0 aromatic heterocycles. The van der Waals surface area contributed by atoms with Gasteiger partial charge in [-0.25, -0.2) is 0 Å². The van der Waals surface area contributed by atoms with E-state index in [0.717, 1.165) is 5.69 Å². The Hall–Kier alpha value is -1.80. The lowest BCUT2D eigenvalue weighted by Gasteiger charge is -2.04. The topological polar surface area (TPSA) is 55.2 Å². The maximum atomic E-state index is 10.6. The number of nitrogens with zero attached hydrogens (tertiary/aromatic N) is 1. The summed E-state index contributed by atoms with van der Waals surface area (Å²) in [6.07, 6.45) is 0. The van der Waals surface area contributed by atoms with Crippen molar-refractivity contribution in [3.63, 3.8) is 0 Å². The first-order valence-electron chi connectivity index (χ1n) is 5.33. The maximum absolute atomic E-state index is 10.6. The standard InChI is InChI=1S/C12H16N2O2Si/c1-10-9-11(5-6-12(10)14(15)16)13-7-8-17(2,3)4/h5-6,9,13H,1-4H3. The number of nitro groups is 1. The molecule has 5 heteroatoms. The summed E-state index contributed by atoms with van der Waals surface area (Å²) < 4.78 is 0. The van der Waals surface area contributed by atoms with Crippen molar-refractivity contribution < 1.29 is 4.92 Å². The Kier molecular flexibility index (Phi) is 3.92. The molecule has 0 heterocycles. The predicted molar refractivity (Wildman–Crippen MR) is 72.6 cm³/mol. The molecule has 4 nitrogen and oxygen atoms in total.